The maximum absolute atomic E-state index is 12.4. The average Bonchev–Trinajstić information content (AvgIpc) is 2.91. The van der Waals surface area contributed by atoms with E-state index in [1.54, 1.807) is 29.2 Å². The van der Waals surface area contributed by atoms with Gasteiger partial charge in [0.25, 0.3) is 5.91 Å². The average molecular weight is 346 g/mol. The predicted molar refractivity (Wildman–Crippen MR) is 96.5 cm³/mol. The van der Waals surface area contributed by atoms with Crippen molar-refractivity contribution in [1.82, 2.24) is 15.5 Å². The molecule has 136 valence electrons. The zero-order valence-electron chi connectivity index (χ0n) is 15.0. The summed E-state index contributed by atoms with van der Waals surface area (Å²) in [5, 5.41) is 8.33. The zero-order chi connectivity index (χ0) is 18.4. The van der Waals surface area contributed by atoms with Crippen LogP contribution in [-0.2, 0) is 4.79 Å². The van der Waals surface area contributed by atoms with E-state index in [2.05, 4.69) is 16.0 Å². The van der Waals surface area contributed by atoms with E-state index in [1.165, 1.54) is 0 Å². The number of urea groups is 1. The van der Waals surface area contributed by atoms with Crippen molar-refractivity contribution in [1.29, 1.82) is 0 Å². The number of carbonyl (C=O) groups is 3. The van der Waals surface area contributed by atoms with Crippen molar-refractivity contribution in [3.63, 3.8) is 0 Å². The quantitative estimate of drug-likeness (QED) is 0.735. The van der Waals surface area contributed by atoms with E-state index in [4.69, 9.17) is 0 Å². The van der Waals surface area contributed by atoms with Crippen LogP contribution in [0, 0.1) is 0 Å². The highest BCUT2D eigenvalue weighted by molar-refractivity contribution is 5.97. The minimum atomic E-state index is -0.312. The lowest BCUT2D eigenvalue weighted by Crippen LogP contribution is -2.42. The summed E-state index contributed by atoms with van der Waals surface area (Å²) in [6.07, 6.45) is 1.47. The van der Waals surface area contributed by atoms with Gasteiger partial charge in [-0.1, -0.05) is 6.07 Å². The number of likely N-dealkylation sites (tertiary alicyclic amines) is 1. The van der Waals surface area contributed by atoms with Crippen molar-refractivity contribution in [2.45, 2.75) is 45.7 Å². The largest absolute Gasteiger partial charge is 0.348 e. The molecule has 2 rings (SSSR count). The Labute approximate surface area is 148 Å². The third-order valence-electron chi connectivity index (χ3n) is 3.85. The summed E-state index contributed by atoms with van der Waals surface area (Å²) in [6, 6.07) is 6.33. The van der Waals surface area contributed by atoms with Crippen molar-refractivity contribution in [2.24, 2.45) is 0 Å². The molecule has 0 spiro atoms. The fourth-order valence-electron chi connectivity index (χ4n) is 2.75. The van der Waals surface area contributed by atoms with E-state index in [-0.39, 0.29) is 29.9 Å². The predicted octanol–water partition coefficient (Wildman–Crippen LogP) is 1.96. The monoisotopic (exact) mass is 346 g/mol. The van der Waals surface area contributed by atoms with Crippen LogP contribution in [0.2, 0.25) is 0 Å². The minimum Gasteiger partial charge on any atom is -0.348 e. The second-order valence-electron chi connectivity index (χ2n) is 6.65. The van der Waals surface area contributed by atoms with E-state index >= 15 is 0 Å². The van der Waals surface area contributed by atoms with Gasteiger partial charge in [0.05, 0.1) is 0 Å². The van der Waals surface area contributed by atoms with Crippen LogP contribution >= 0.6 is 0 Å². The number of benzene rings is 1. The Kier molecular flexibility index (Phi) is 6.38. The Bertz CT molecular complexity index is 645. The molecule has 1 aliphatic rings. The lowest BCUT2D eigenvalue weighted by Gasteiger charge is -2.21. The van der Waals surface area contributed by atoms with Gasteiger partial charge in [-0.05, 0) is 45.4 Å². The molecule has 1 heterocycles. The van der Waals surface area contributed by atoms with Gasteiger partial charge < -0.3 is 20.9 Å². The van der Waals surface area contributed by atoms with Crippen molar-refractivity contribution < 1.29 is 14.4 Å². The molecule has 0 aliphatic carbocycles. The normalized spacial score (nSPS) is 15.2. The highest BCUT2D eigenvalue weighted by atomic mass is 16.2. The first kappa shape index (κ1) is 18.8. The summed E-state index contributed by atoms with van der Waals surface area (Å²) >= 11 is 0. The Morgan fingerprint density at radius 1 is 1.20 bits per heavy atom. The third-order valence-corrected chi connectivity index (χ3v) is 3.85. The molecule has 7 nitrogen and oxygen atoms in total. The van der Waals surface area contributed by atoms with Crippen molar-refractivity contribution in [3.05, 3.63) is 29.8 Å². The molecule has 0 unspecified atom stereocenters. The summed E-state index contributed by atoms with van der Waals surface area (Å²) in [7, 11) is 0. The molecular weight excluding hydrogens is 320 g/mol. The van der Waals surface area contributed by atoms with Gasteiger partial charge in [0.15, 0.2) is 0 Å². The molecule has 1 aromatic rings. The molecule has 7 heteroatoms. The molecule has 4 amide bonds. The molecule has 0 bridgehead atoms. The first-order chi connectivity index (χ1) is 11.8. The number of hydrogen-bond donors (Lipinski definition) is 3. The first-order valence-electron chi connectivity index (χ1n) is 8.61. The van der Waals surface area contributed by atoms with Crippen molar-refractivity contribution in [3.8, 4) is 0 Å². The Morgan fingerprint density at radius 3 is 2.60 bits per heavy atom. The first-order valence-corrected chi connectivity index (χ1v) is 8.61. The molecular formula is C18H26N4O3. The SMILES string of the molecule is CC(C)NC(=O)Nc1cccc(C(=O)N[C@H](C)CN2CCCC2=O)c1. The number of amides is 4. The zero-order valence-corrected chi connectivity index (χ0v) is 15.0. The standard InChI is InChI=1S/C18H26N4O3/c1-12(2)19-18(25)21-15-7-4-6-14(10-15)17(24)20-13(3)11-22-9-5-8-16(22)23/h4,6-7,10,12-13H,5,8-9,11H2,1-3H3,(H,20,24)(H2,19,21,25)/t13-/m1/s1. The highest BCUT2D eigenvalue weighted by Gasteiger charge is 2.22. The maximum Gasteiger partial charge on any atom is 0.319 e. The van der Waals surface area contributed by atoms with E-state index in [0.29, 0.717) is 24.2 Å². The molecule has 25 heavy (non-hydrogen) atoms. The Hall–Kier alpha value is -2.57. The Balaban J connectivity index is 1.91. The summed E-state index contributed by atoms with van der Waals surface area (Å²) in [4.78, 5) is 37.6. The maximum atomic E-state index is 12.4. The molecule has 1 atom stereocenters. The number of carbonyl (C=O) groups excluding carboxylic acids is 3. The van der Waals surface area contributed by atoms with Gasteiger partial charge in [0, 0.05) is 42.8 Å². The summed E-state index contributed by atoms with van der Waals surface area (Å²) in [6.45, 7) is 6.89. The number of nitrogens with zero attached hydrogens (tertiary/aromatic N) is 1. The van der Waals surface area contributed by atoms with Crippen LogP contribution in [0.4, 0.5) is 10.5 Å². The van der Waals surface area contributed by atoms with E-state index < -0.39 is 0 Å². The van der Waals surface area contributed by atoms with E-state index in [1.807, 2.05) is 20.8 Å². The molecule has 1 aromatic carbocycles. The summed E-state index contributed by atoms with van der Waals surface area (Å²) in [5.74, 6) is -0.0875. The number of nitrogens with one attached hydrogen (secondary N) is 3. The van der Waals surface area contributed by atoms with Crippen LogP contribution < -0.4 is 16.0 Å². The topological polar surface area (TPSA) is 90.5 Å². The number of anilines is 1. The Morgan fingerprint density at radius 2 is 1.96 bits per heavy atom. The molecule has 3 N–H and O–H groups in total. The van der Waals surface area contributed by atoms with E-state index in [9.17, 15) is 14.4 Å². The third kappa shape index (κ3) is 5.77. The van der Waals surface area contributed by atoms with Crippen LogP contribution in [0.5, 0.6) is 0 Å². The van der Waals surface area contributed by atoms with Crippen LogP contribution in [0.25, 0.3) is 0 Å². The molecule has 1 aliphatic heterocycles. The lowest BCUT2D eigenvalue weighted by molar-refractivity contribution is -0.127. The van der Waals surface area contributed by atoms with Gasteiger partial charge in [-0.3, -0.25) is 9.59 Å². The van der Waals surface area contributed by atoms with Gasteiger partial charge in [0.2, 0.25) is 5.91 Å². The van der Waals surface area contributed by atoms with Crippen LogP contribution in [-0.4, -0.2) is 47.9 Å². The van der Waals surface area contributed by atoms with Crippen LogP contribution in [0.1, 0.15) is 44.0 Å². The van der Waals surface area contributed by atoms with Gasteiger partial charge in [0.1, 0.15) is 0 Å². The van der Waals surface area contributed by atoms with Gasteiger partial charge in [-0.2, -0.15) is 0 Å². The van der Waals surface area contributed by atoms with Gasteiger partial charge >= 0.3 is 6.03 Å². The second kappa shape index (κ2) is 8.50. The molecule has 1 saturated heterocycles. The second-order valence-corrected chi connectivity index (χ2v) is 6.65. The van der Waals surface area contributed by atoms with E-state index in [0.717, 1.165) is 13.0 Å². The fraction of sp³-hybridized carbons (Fsp3) is 0.500. The van der Waals surface area contributed by atoms with Gasteiger partial charge in [-0.15, -0.1) is 0 Å². The number of hydrogen-bond acceptors (Lipinski definition) is 3. The minimum absolute atomic E-state index is 0.0284. The molecule has 0 saturated carbocycles. The lowest BCUT2D eigenvalue weighted by atomic mass is 10.1. The molecule has 0 aromatic heterocycles. The summed E-state index contributed by atoms with van der Waals surface area (Å²) < 4.78 is 0. The molecule has 1 fully saturated rings. The summed E-state index contributed by atoms with van der Waals surface area (Å²) in [5.41, 5.74) is 1.01. The van der Waals surface area contributed by atoms with Crippen molar-refractivity contribution in [2.75, 3.05) is 18.4 Å². The van der Waals surface area contributed by atoms with Crippen LogP contribution in [0.15, 0.2) is 24.3 Å². The smallest absolute Gasteiger partial charge is 0.319 e. The fourth-order valence-corrected chi connectivity index (χ4v) is 2.75. The van der Waals surface area contributed by atoms with Crippen LogP contribution in [0.3, 0.4) is 0 Å². The molecule has 0 radical (unpaired) electrons. The van der Waals surface area contributed by atoms with Gasteiger partial charge in [-0.25, -0.2) is 4.79 Å². The van der Waals surface area contributed by atoms with Crippen molar-refractivity contribution >= 4 is 23.5 Å². The highest BCUT2D eigenvalue weighted by Crippen LogP contribution is 2.12. The number of rotatable bonds is 6.